The van der Waals surface area contributed by atoms with Gasteiger partial charge in [-0.3, -0.25) is 4.57 Å². The zero-order valence-corrected chi connectivity index (χ0v) is 22.8. The summed E-state index contributed by atoms with van der Waals surface area (Å²) in [5.74, 6) is 0. The molecule has 9 rings (SSSR count). The van der Waals surface area contributed by atoms with Gasteiger partial charge in [0.25, 0.3) is 0 Å². The summed E-state index contributed by atoms with van der Waals surface area (Å²) in [6, 6.07) is 52.4. The highest BCUT2D eigenvalue weighted by atomic mass is 15.0. The van der Waals surface area contributed by atoms with Crippen LogP contribution in [0.4, 0.5) is 0 Å². The molecule has 0 aliphatic rings. The molecule has 9 aromatic rings. The largest absolute Gasteiger partial charge is 0.309 e. The first-order valence-corrected chi connectivity index (χ1v) is 14.3. The average molecular weight is 536 g/mol. The maximum atomic E-state index is 4.81. The standard InChI is InChI=1S/C39H25N3/c1-2-12-29(13-3-1)42-37-25-28(20-22-33(37)35-17-9-23-40-39(35)42)31-15-8-16-34-32-14-6-7-18-36(32)41(38(31)34)30-21-19-26-10-4-5-11-27(26)24-30/h1-25H. The number of benzene rings is 6. The van der Waals surface area contributed by atoms with E-state index in [1.165, 1.54) is 49.1 Å². The van der Waals surface area contributed by atoms with E-state index in [4.69, 9.17) is 4.98 Å². The highest BCUT2D eigenvalue weighted by Crippen LogP contribution is 2.40. The van der Waals surface area contributed by atoms with Crippen molar-refractivity contribution in [1.82, 2.24) is 14.1 Å². The topological polar surface area (TPSA) is 22.8 Å². The van der Waals surface area contributed by atoms with Crippen molar-refractivity contribution in [2.45, 2.75) is 0 Å². The van der Waals surface area contributed by atoms with Gasteiger partial charge in [0, 0.05) is 44.7 Å². The van der Waals surface area contributed by atoms with Crippen LogP contribution in [0, 0.1) is 0 Å². The van der Waals surface area contributed by atoms with E-state index in [0.29, 0.717) is 0 Å². The number of pyridine rings is 1. The molecule has 0 N–H and O–H groups in total. The molecule has 0 aliphatic carbocycles. The summed E-state index contributed by atoms with van der Waals surface area (Å²) in [7, 11) is 0. The van der Waals surface area contributed by atoms with Crippen LogP contribution in [0.25, 0.3) is 77.0 Å². The van der Waals surface area contributed by atoms with Crippen molar-refractivity contribution in [3.8, 4) is 22.5 Å². The van der Waals surface area contributed by atoms with Gasteiger partial charge in [-0.25, -0.2) is 4.98 Å². The Hall–Kier alpha value is -5.67. The predicted octanol–water partition coefficient (Wildman–Crippen LogP) is 10.1. The average Bonchev–Trinajstić information content (AvgIpc) is 3.58. The first-order chi connectivity index (χ1) is 20.8. The lowest BCUT2D eigenvalue weighted by atomic mass is 10.0. The minimum Gasteiger partial charge on any atom is -0.309 e. The van der Waals surface area contributed by atoms with Crippen molar-refractivity contribution in [3.05, 3.63) is 152 Å². The van der Waals surface area contributed by atoms with Gasteiger partial charge in [0.2, 0.25) is 0 Å². The van der Waals surface area contributed by atoms with Crippen LogP contribution in [0.15, 0.2) is 152 Å². The Morgan fingerprint density at radius 2 is 1.19 bits per heavy atom. The molecular formula is C39H25N3. The van der Waals surface area contributed by atoms with Crippen molar-refractivity contribution < 1.29 is 0 Å². The molecule has 0 aliphatic heterocycles. The molecule has 3 heteroatoms. The van der Waals surface area contributed by atoms with Crippen LogP contribution in [-0.4, -0.2) is 14.1 Å². The van der Waals surface area contributed by atoms with Gasteiger partial charge in [0.1, 0.15) is 5.65 Å². The van der Waals surface area contributed by atoms with Crippen LogP contribution < -0.4 is 0 Å². The lowest BCUT2D eigenvalue weighted by molar-refractivity contribution is 1.14. The molecule has 0 bridgehead atoms. The lowest BCUT2D eigenvalue weighted by Gasteiger charge is -2.13. The van der Waals surface area contributed by atoms with Gasteiger partial charge < -0.3 is 4.57 Å². The Morgan fingerprint density at radius 1 is 0.429 bits per heavy atom. The zero-order valence-electron chi connectivity index (χ0n) is 22.8. The van der Waals surface area contributed by atoms with Gasteiger partial charge >= 0.3 is 0 Å². The summed E-state index contributed by atoms with van der Waals surface area (Å²) in [6.07, 6.45) is 1.88. The van der Waals surface area contributed by atoms with Crippen molar-refractivity contribution in [1.29, 1.82) is 0 Å². The van der Waals surface area contributed by atoms with Gasteiger partial charge in [0.05, 0.1) is 16.6 Å². The van der Waals surface area contributed by atoms with Crippen LogP contribution >= 0.6 is 0 Å². The highest BCUT2D eigenvalue weighted by molar-refractivity contribution is 6.15. The van der Waals surface area contributed by atoms with Crippen LogP contribution in [0.5, 0.6) is 0 Å². The number of nitrogens with zero attached hydrogens (tertiary/aromatic N) is 3. The second kappa shape index (κ2) is 8.92. The molecule has 0 spiro atoms. The number of fused-ring (bicyclic) bond motifs is 7. The first-order valence-electron chi connectivity index (χ1n) is 14.3. The van der Waals surface area contributed by atoms with Gasteiger partial charge in [-0.15, -0.1) is 0 Å². The summed E-state index contributed by atoms with van der Waals surface area (Å²) in [5, 5.41) is 7.35. The SMILES string of the molecule is c1ccc(-n2c3cc(-c4cccc5c6ccccc6n(-c6ccc7ccccc7c6)c45)ccc3c3cccnc32)cc1. The monoisotopic (exact) mass is 535 g/mol. The zero-order chi connectivity index (χ0) is 27.6. The fourth-order valence-corrected chi connectivity index (χ4v) is 6.69. The van der Waals surface area contributed by atoms with E-state index >= 15 is 0 Å². The number of aromatic nitrogens is 3. The molecule has 0 atom stereocenters. The lowest BCUT2D eigenvalue weighted by Crippen LogP contribution is -1.96. The molecule has 0 amide bonds. The van der Waals surface area contributed by atoms with E-state index in [0.717, 1.165) is 27.9 Å². The Kier molecular flexibility index (Phi) is 4.90. The number of hydrogen-bond acceptors (Lipinski definition) is 1. The molecule has 196 valence electrons. The normalized spacial score (nSPS) is 11.8. The van der Waals surface area contributed by atoms with Crippen LogP contribution in [0.2, 0.25) is 0 Å². The molecule has 3 nitrogen and oxygen atoms in total. The first kappa shape index (κ1) is 23.1. The Balaban J connectivity index is 1.37. The van der Waals surface area contributed by atoms with Gasteiger partial charge in [-0.2, -0.15) is 0 Å². The molecule has 3 aromatic heterocycles. The van der Waals surface area contributed by atoms with E-state index < -0.39 is 0 Å². The van der Waals surface area contributed by atoms with Crippen LogP contribution in [0.1, 0.15) is 0 Å². The van der Waals surface area contributed by atoms with Crippen molar-refractivity contribution in [2.75, 3.05) is 0 Å². The Labute approximate surface area is 242 Å². The van der Waals surface area contributed by atoms with Crippen molar-refractivity contribution in [3.63, 3.8) is 0 Å². The highest BCUT2D eigenvalue weighted by Gasteiger charge is 2.19. The second-order valence-corrected chi connectivity index (χ2v) is 10.9. The van der Waals surface area contributed by atoms with Gasteiger partial charge in [-0.1, -0.05) is 97.1 Å². The number of para-hydroxylation sites is 3. The number of hydrogen-bond donors (Lipinski definition) is 0. The fraction of sp³-hybridized carbons (Fsp3) is 0. The smallest absolute Gasteiger partial charge is 0.145 e. The fourth-order valence-electron chi connectivity index (χ4n) is 6.69. The molecule has 0 fully saturated rings. The summed E-state index contributed by atoms with van der Waals surface area (Å²) in [4.78, 5) is 4.81. The maximum Gasteiger partial charge on any atom is 0.145 e. The second-order valence-electron chi connectivity index (χ2n) is 10.9. The summed E-state index contributed by atoms with van der Waals surface area (Å²) >= 11 is 0. The molecule has 0 saturated carbocycles. The molecular weight excluding hydrogens is 510 g/mol. The molecule has 0 saturated heterocycles. The molecule has 42 heavy (non-hydrogen) atoms. The molecule has 0 radical (unpaired) electrons. The molecule has 6 aromatic carbocycles. The third-order valence-electron chi connectivity index (χ3n) is 8.54. The molecule has 3 heterocycles. The van der Waals surface area contributed by atoms with E-state index in [1.54, 1.807) is 0 Å². The van der Waals surface area contributed by atoms with Crippen molar-refractivity contribution >= 4 is 54.5 Å². The summed E-state index contributed by atoms with van der Waals surface area (Å²) < 4.78 is 4.72. The van der Waals surface area contributed by atoms with E-state index in [9.17, 15) is 0 Å². The van der Waals surface area contributed by atoms with Gasteiger partial charge in [-0.05, 0) is 64.9 Å². The quantitative estimate of drug-likeness (QED) is 0.221. The third kappa shape index (κ3) is 3.31. The minimum absolute atomic E-state index is 0.972. The van der Waals surface area contributed by atoms with Gasteiger partial charge in [0.15, 0.2) is 0 Å². The summed E-state index contributed by atoms with van der Waals surface area (Å²) in [6.45, 7) is 0. The summed E-state index contributed by atoms with van der Waals surface area (Å²) in [5.41, 5.74) is 9.20. The van der Waals surface area contributed by atoms with Crippen molar-refractivity contribution in [2.24, 2.45) is 0 Å². The van der Waals surface area contributed by atoms with E-state index in [1.807, 2.05) is 12.3 Å². The third-order valence-corrected chi connectivity index (χ3v) is 8.54. The Morgan fingerprint density at radius 3 is 2.12 bits per heavy atom. The van der Waals surface area contributed by atoms with E-state index in [-0.39, 0.29) is 0 Å². The van der Waals surface area contributed by atoms with Crippen LogP contribution in [0.3, 0.4) is 0 Å². The predicted molar refractivity (Wildman–Crippen MR) is 176 cm³/mol. The maximum absolute atomic E-state index is 4.81. The number of rotatable bonds is 3. The van der Waals surface area contributed by atoms with Crippen LogP contribution in [-0.2, 0) is 0 Å². The molecule has 0 unspecified atom stereocenters. The Bertz CT molecular complexity index is 2460. The minimum atomic E-state index is 0.972. The van der Waals surface area contributed by atoms with E-state index in [2.05, 4.69) is 149 Å².